The molecule has 2 heterocycles. The lowest BCUT2D eigenvalue weighted by molar-refractivity contribution is 0.172. The first kappa shape index (κ1) is 12.9. The van der Waals surface area contributed by atoms with Crippen LogP contribution in [-0.4, -0.2) is 28.5 Å². The van der Waals surface area contributed by atoms with Crippen molar-refractivity contribution in [3.05, 3.63) is 34.6 Å². The molecule has 0 spiro atoms. The van der Waals surface area contributed by atoms with E-state index >= 15 is 0 Å². The molecule has 1 aromatic carbocycles. The maximum Gasteiger partial charge on any atom is 0.268 e. The number of aromatic nitrogens is 1. The third-order valence-corrected chi connectivity index (χ3v) is 5.26. The summed E-state index contributed by atoms with van der Waals surface area (Å²) in [6.45, 7) is 2.05. The molecule has 0 radical (unpaired) electrons. The largest absolute Gasteiger partial charge is 0.303 e. The zero-order valence-electron chi connectivity index (χ0n) is 11.3. The maximum atomic E-state index is 12.2. The van der Waals surface area contributed by atoms with Gasteiger partial charge < -0.3 is 4.90 Å². The Labute approximate surface area is 117 Å². The quantitative estimate of drug-likeness (QED) is 0.861. The highest BCUT2D eigenvalue weighted by atomic mass is 32.1. The van der Waals surface area contributed by atoms with Crippen molar-refractivity contribution in [1.29, 1.82) is 0 Å². The van der Waals surface area contributed by atoms with E-state index in [9.17, 15) is 4.79 Å². The molecule has 102 valence electrons. The molecule has 0 amide bonds. The Morgan fingerprint density at radius 2 is 2.16 bits per heavy atom. The number of aryl methyl sites for hydroxylation is 1. The van der Waals surface area contributed by atoms with Gasteiger partial charge in [-0.05, 0) is 45.0 Å². The molecule has 3 rings (SSSR count). The maximum absolute atomic E-state index is 12.2. The molecule has 1 fully saturated rings. The topological polar surface area (TPSA) is 25.2 Å². The van der Waals surface area contributed by atoms with Crippen LogP contribution in [0.3, 0.4) is 0 Å². The van der Waals surface area contributed by atoms with E-state index in [1.807, 2.05) is 28.2 Å². The Balaban J connectivity index is 1.75. The summed E-state index contributed by atoms with van der Waals surface area (Å²) in [5.41, 5.74) is 0.180. The van der Waals surface area contributed by atoms with Crippen LogP contribution >= 0.6 is 11.5 Å². The van der Waals surface area contributed by atoms with Crippen molar-refractivity contribution < 1.29 is 0 Å². The Hall–Kier alpha value is -1.13. The smallest absolute Gasteiger partial charge is 0.268 e. The number of rotatable bonds is 3. The number of hydrogen-bond donors (Lipinski definition) is 0. The van der Waals surface area contributed by atoms with E-state index in [-0.39, 0.29) is 5.56 Å². The SMILES string of the molecule is CN1CCCC[C@H]1CCn1sc2ccccc2c1=O. The van der Waals surface area contributed by atoms with Gasteiger partial charge >= 0.3 is 0 Å². The Morgan fingerprint density at radius 1 is 1.32 bits per heavy atom. The van der Waals surface area contributed by atoms with Crippen molar-refractivity contribution in [2.45, 2.75) is 38.3 Å². The minimum Gasteiger partial charge on any atom is -0.303 e. The minimum absolute atomic E-state index is 0.180. The molecule has 1 aliphatic rings. The zero-order chi connectivity index (χ0) is 13.2. The summed E-state index contributed by atoms with van der Waals surface area (Å²) in [5.74, 6) is 0. The lowest BCUT2D eigenvalue weighted by atomic mass is 10.0. The molecular formula is C15H20N2OS. The molecule has 0 N–H and O–H groups in total. The average molecular weight is 276 g/mol. The van der Waals surface area contributed by atoms with Crippen molar-refractivity contribution in [1.82, 2.24) is 8.86 Å². The summed E-state index contributed by atoms with van der Waals surface area (Å²) >= 11 is 1.60. The molecule has 3 nitrogen and oxygen atoms in total. The second-order valence-corrected chi connectivity index (χ2v) is 6.48. The van der Waals surface area contributed by atoms with Gasteiger partial charge in [0.2, 0.25) is 0 Å². The lowest BCUT2D eigenvalue weighted by Gasteiger charge is -2.32. The standard InChI is InChI=1S/C15H20N2OS/c1-16-10-5-4-6-12(16)9-11-17-15(18)13-7-2-3-8-14(13)19-17/h2-3,7-8,12H,4-6,9-11H2,1H3/t12-/m0/s1. The van der Waals surface area contributed by atoms with Gasteiger partial charge in [0.05, 0.1) is 10.1 Å². The second-order valence-electron chi connectivity index (χ2n) is 5.41. The van der Waals surface area contributed by atoms with E-state index in [4.69, 9.17) is 0 Å². The molecule has 1 atom stereocenters. The summed E-state index contributed by atoms with van der Waals surface area (Å²) < 4.78 is 3.03. The molecule has 4 heteroatoms. The average Bonchev–Trinajstić information content (AvgIpc) is 2.75. The van der Waals surface area contributed by atoms with E-state index in [0.29, 0.717) is 6.04 Å². The van der Waals surface area contributed by atoms with Crippen LogP contribution in [0.5, 0.6) is 0 Å². The first-order valence-corrected chi connectivity index (χ1v) is 7.82. The van der Waals surface area contributed by atoms with Gasteiger partial charge in [0, 0.05) is 12.6 Å². The highest BCUT2D eigenvalue weighted by Crippen LogP contribution is 2.20. The molecule has 1 aromatic heterocycles. The van der Waals surface area contributed by atoms with Crippen LogP contribution in [0, 0.1) is 0 Å². The third kappa shape index (κ3) is 2.60. The van der Waals surface area contributed by atoms with Gasteiger partial charge in [-0.2, -0.15) is 0 Å². The van der Waals surface area contributed by atoms with E-state index in [1.54, 1.807) is 11.5 Å². The van der Waals surface area contributed by atoms with Gasteiger partial charge in [0.25, 0.3) is 5.56 Å². The summed E-state index contributed by atoms with van der Waals surface area (Å²) in [7, 11) is 2.21. The van der Waals surface area contributed by atoms with Gasteiger partial charge in [-0.15, -0.1) is 0 Å². The molecular weight excluding hydrogens is 256 g/mol. The van der Waals surface area contributed by atoms with Crippen molar-refractivity contribution in [2.24, 2.45) is 0 Å². The number of benzene rings is 1. The van der Waals surface area contributed by atoms with Crippen molar-refractivity contribution in [3.8, 4) is 0 Å². The second kappa shape index (κ2) is 5.47. The molecule has 19 heavy (non-hydrogen) atoms. The van der Waals surface area contributed by atoms with Gasteiger partial charge in [-0.3, -0.25) is 8.75 Å². The van der Waals surface area contributed by atoms with Crippen molar-refractivity contribution >= 4 is 21.6 Å². The van der Waals surface area contributed by atoms with Crippen molar-refractivity contribution in [3.63, 3.8) is 0 Å². The number of fused-ring (bicyclic) bond motifs is 1. The molecule has 0 saturated carbocycles. The van der Waals surface area contributed by atoms with Crippen LogP contribution in [0.15, 0.2) is 29.1 Å². The van der Waals surface area contributed by atoms with Crippen LogP contribution in [-0.2, 0) is 6.54 Å². The molecule has 0 bridgehead atoms. The fourth-order valence-electron chi connectivity index (χ4n) is 2.94. The molecule has 2 aromatic rings. The fourth-order valence-corrected chi connectivity index (χ4v) is 3.95. The molecule has 0 unspecified atom stereocenters. The van der Waals surface area contributed by atoms with Crippen LogP contribution in [0.1, 0.15) is 25.7 Å². The summed E-state index contributed by atoms with van der Waals surface area (Å²) in [6.07, 6.45) is 5.01. The summed E-state index contributed by atoms with van der Waals surface area (Å²) in [4.78, 5) is 14.7. The van der Waals surface area contributed by atoms with Gasteiger partial charge in [-0.1, -0.05) is 30.1 Å². The van der Waals surface area contributed by atoms with Crippen LogP contribution in [0.25, 0.3) is 10.1 Å². The summed E-state index contributed by atoms with van der Waals surface area (Å²) in [5, 5.41) is 0.865. The van der Waals surface area contributed by atoms with Crippen LogP contribution < -0.4 is 5.56 Å². The van der Waals surface area contributed by atoms with Gasteiger partial charge in [-0.25, -0.2) is 0 Å². The third-order valence-electron chi connectivity index (χ3n) is 4.14. The Bertz CT molecular complexity index is 616. The Morgan fingerprint density at radius 3 is 2.95 bits per heavy atom. The highest BCUT2D eigenvalue weighted by Gasteiger charge is 2.19. The van der Waals surface area contributed by atoms with E-state index < -0.39 is 0 Å². The monoisotopic (exact) mass is 276 g/mol. The first-order chi connectivity index (χ1) is 9.25. The predicted octanol–water partition coefficient (Wildman–Crippen LogP) is 2.94. The number of nitrogens with zero attached hydrogens (tertiary/aromatic N) is 2. The normalized spacial score (nSPS) is 21.0. The fraction of sp³-hybridized carbons (Fsp3) is 0.533. The number of hydrogen-bond acceptors (Lipinski definition) is 3. The molecule has 0 aliphatic carbocycles. The minimum atomic E-state index is 0.180. The number of piperidine rings is 1. The van der Waals surface area contributed by atoms with E-state index in [2.05, 4.69) is 11.9 Å². The van der Waals surface area contributed by atoms with Gasteiger partial charge in [0.1, 0.15) is 0 Å². The highest BCUT2D eigenvalue weighted by molar-refractivity contribution is 7.13. The Kier molecular flexibility index (Phi) is 3.71. The summed E-state index contributed by atoms with van der Waals surface area (Å²) in [6, 6.07) is 8.54. The first-order valence-electron chi connectivity index (χ1n) is 7.05. The predicted molar refractivity (Wildman–Crippen MR) is 81.0 cm³/mol. The van der Waals surface area contributed by atoms with Crippen molar-refractivity contribution in [2.75, 3.05) is 13.6 Å². The van der Waals surface area contributed by atoms with E-state index in [1.165, 1.54) is 25.8 Å². The zero-order valence-corrected chi connectivity index (χ0v) is 12.2. The molecule has 1 aliphatic heterocycles. The van der Waals surface area contributed by atoms with Crippen LogP contribution in [0.4, 0.5) is 0 Å². The van der Waals surface area contributed by atoms with Crippen LogP contribution in [0.2, 0.25) is 0 Å². The van der Waals surface area contributed by atoms with Gasteiger partial charge in [0.15, 0.2) is 0 Å². The lowest BCUT2D eigenvalue weighted by Crippen LogP contribution is -2.37. The number of likely N-dealkylation sites (tertiary alicyclic amines) is 1. The molecule has 1 saturated heterocycles. The van der Waals surface area contributed by atoms with E-state index in [0.717, 1.165) is 23.1 Å².